The molecule has 2 atom stereocenters. The number of carbonyl (C=O) groups is 2. The van der Waals surface area contributed by atoms with Crippen molar-refractivity contribution in [3.63, 3.8) is 0 Å². The zero-order valence-corrected chi connectivity index (χ0v) is 11.5. The Balaban J connectivity index is 2.03. The van der Waals surface area contributed by atoms with Crippen LogP contribution < -0.4 is 11.1 Å². The Hall–Kier alpha value is -2.39. The number of carbonyl (C=O) groups excluding carboxylic acids is 2. The van der Waals surface area contributed by atoms with E-state index in [1.54, 1.807) is 24.3 Å². The van der Waals surface area contributed by atoms with Gasteiger partial charge in [-0.3, -0.25) is 9.59 Å². The second-order valence-electron chi connectivity index (χ2n) is 4.98. The van der Waals surface area contributed by atoms with E-state index in [9.17, 15) is 9.59 Å². The number of hydrogen-bond acceptors (Lipinski definition) is 4. The van der Waals surface area contributed by atoms with Crippen LogP contribution in [0.2, 0.25) is 0 Å². The number of nitrogens with zero attached hydrogens (tertiary/aromatic N) is 1. The maximum Gasteiger partial charge on any atom is 0.249 e. The highest BCUT2D eigenvalue weighted by atomic mass is 16.5. The maximum atomic E-state index is 12.0. The lowest BCUT2D eigenvalue weighted by atomic mass is 10.0. The first-order chi connectivity index (χ1) is 10.1. The van der Waals surface area contributed by atoms with Crippen molar-refractivity contribution >= 4 is 11.8 Å². The number of nitrogens with one attached hydrogen (secondary N) is 1. The number of benzene rings is 1. The molecule has 1 heterocycles. The molecule has 3 N–H and O–H groups in total. The molecule has 0 aliphatic carbocycles. The summed E-state index contributed by atoms with van der Waals surface area (Å²) in [5.74, 6) is -0.920. The minimum absolute atomic E-state index is 0.253. The molecule has 1 aromatic rings. The fourth-order valence-electron chi connectivity index (χ4n) is 2.28. The Kier molecular flexibility index (Phi) is 4.90. The van der Waals surface area contributed by atoms with Crippen molar-refractivity contribution < 1.29 is 14.3 Å². The van der Waals surface area contributed by atoms with Crippen molar-refractivity contribution in [2.75, 3.05) is 6.61 Å². The second-order valence-corrected chi connectivity index (χ2v) is 4.98. The molecule has 1 aliphatic rings. The third-order valence-electron chi connectivity index (χ3n) is 3.38. The van der Waals surface area contributed by atoms with Gasteiger partial charge in [0.15, 0.2) is 0 Å². The summed E-state index contributed by atoms with van der Waals surface area (Å²) in [7, 11) is 0. The highest BCUT2D eigenvalue weighted by Crippen LogP contribution is 2.13. The molecular formula is C15H17N3O3. The first kappa shape index (κ1) is 15.0. The van der Waals surface area contributed by atoms with Gasteiger partial charge in [-0.05, 0) is 30.5 Å². The lowest BCUT2D eigenvalue weighted by Gasteiger charge is -2.18. The minimum Gasteiger partial charge on any atom is -0.368 e. The number of ether oxygens (including phenoxy) is 1. The van der Waals surface area contributed by atoms with E-state index in [0.717, 1.165) is 12.0 Å². The molecule has 1 aromatic carbocycles. The number of nitrogens with two attached hydrogens (primary N) is 1. The Morgan fingerprint density at radius 3 is 2.95 bits per heavy atom. The van der Waals surface area contributed by atoms with Crippen LogP contribution in [-0.4, -0.2) is 30.6 Å². The first-order valence-corrected chi connectivity index (χ1v) is 6.80. The van der Waals surface area contributed by atoms with Crippen molar-refractivity contribution in [3.05, 3.63) is 35.4 Å². The molecule has 1 fully saturated rings. The fraction of sp³-hybridized carbons (Fsp3) is 0.400. The molecule has 0 bridgehead atoms. The van der Waals surface area contributed by atoms with Crippen molar-refractivity contribution in [1.82, 2.24) is 5.32 Å². The summed E-state index contributed by atoms with van der Waals surface area (Å²) < 4.78 is 5.27. The number of primary amides is 1. The van der Waals surface area contributed by atoms with Gasteiger partial charge in [-0.2, -0.15) is 5.26 Å². The number of rotatable bonds is 5. The summed E-state index contributed by atoms with van der Waals surface area (Å²) in [6, 6.07) is 8.09. The molecule has 110 valence electrons. The van der Waals surface area contributed by atoms with Gasteiger partial charge in [0.1, 0.15) is 12.1 Å². The molecule has 0 spiro atoms. The number of amides is 2. The number of nitriles is 1. The molecular weight excluding hydrogens is 270 g/mol. The van der Waals surface area contributed by atoms with Crippen LogP contribution in [-0.2, 0) is 20.7 Å². The topological polar surface area (TPSA) is 105 Å². The van der Waals surface area contributed by atoms with Gasteiger partial charge in [-0.15, -0.1) is 0 Å². The monoisotopic (exact) mass is 287 g/mol. The van der Waals surface area contributed by atoms with Gasteiger partial charge < -0.3 is 15.8 Å². The third-order valence-corrected chi connectivity index (χ3v) is 3.38. The van der Waals surface area contributed by atoms with Gasteiger partial charge in [0.05, 0.1) is 11.6 Å². The van der Waals surface area contributed by atoms with Crippen LogP contribution in [0.5, 0.6) is 0 Å². The predicted molar refractivity (Wildman–Crippen MR) is 75.0 cm³/mol. The van der Waals surface area contributed by atoms with Gasteiger partial charge in [0, 0.05) is 13.0 Å². The lowest BCUT2D eigenvalue weighted by Crippen LogP contribution is -2.49. The Labute approximate surface area is 122 Å². The molecule has 6 nitrogen and oxygen atoms in total. The lowest BCUT2D eigenvalue weighted by molar-refractivity contribution is -0.133. The van der Waals surface area contributed by atoms with Crippen molar-refractivity contribution in [1.29, 1.82) is 5.26 Å². The van der Waals surface area contributed by atoms with Crippen LogP contribution in [0.25, 0.3) is 0 Å². The largest absolute Gasteiger partial charge is 0.368 e. The van der Waals surface area contributed by atoms with Gasteiger partial charge >= 0.3 is 0 Å². The molecule has 6 heteroatoms. The molecule has 21 heavy (non-hydrogen) atoms. The fourth-order valence-corrected chi connectivity index (χ4v) is 2.28. The highest BCUT2D eigenvalue weighted by Gasteiger charge is 2.27. The normalized spacial score (nSPS) is 18.7. The van der Waals surface area contributed by atoms with E-state index >= 15 is 0 Å². The van der Waals surface area contributed by atoms with E-state index in [1.807, 2.05) is 6.07 Å². The smallest absolute Gasteiger partial charge is 0.249 e. The van der Waals surface area contributed by atoms with Crippen LogP contribution in [0, 0.1) is 11.3 Å². The first-order valence-electron chi connectivity index (χ1n) is 6.80. The van der Waals surface area contributed by atoms with E-state index in [0.29, 0.717) is 18.6 Å². The van der Waals surface area contributed by atoms with E-state index in [1.165, 1.54) is 0 Å². The van der Waals surface area contributed by atoms with Gasteiger partial charge in [-0.1, -0.05) is 12.1 Å². The van der Waals surface area contributed by atoms with Gasteiger partial charge in [-0.25, -0.2) is 0 Å². The molecule has 0 aromatic heterocycles. The van der Waals surface area contributed by atoms with Crippen LogP contribution >= 0.6 is 0 Å². The van der Waals surface area contributed by atoms with E-state index in [2.05, 4.69) is 5.32 Å². The highest BCUT2D eigenvalue weighted by molar-refractivity contribution is 5.88. The van der Waals surface area contributed by atoms with Crippen molar-refractivity contribution in [2.24, 2.45) is 5.73 Å². The molecule has 0 saturated carbocycles. The van der Waals surface area contributed by atoms with Crippen LogP contribution in [0.4, 0.5) is 0 Å². The Morgan fingerprint density at radius 1 is 1.52 bits per heavy atom. The molecule has 0 unspecified atom stereocenters. The minimum atomic E-state index is -0.810. The molecule has 1 aliphatic heterocycles. The zero-order chi connectivity index (χ0) is 15.2. The molecule has 1 saturated heterocycles. The molecule has 0 radical (unpaired) electrons. The third kappa shape index (κ3) is 4.04. The summed E-state index contributed by atoms with van der Waals surface area (Å²) in [5, 5.41) is 11.5. The maximum absolute atomic E-state index is 12.0. The van der Waals surface area contributed by atoms with Crippen molar-refractivity contribution in [3.8, 4) is 6.07 Å². The average Bonchev–Trinajstić information content (AvgIpc) is 3.01. The van der Waals surface area contributed by atoms with Crippen LogP contribution in [0.1, 0.15) is 24.0 Å². The Morgan fingerprint density at radius 2 is 2.33 bits per heavy atom. The Bertz CT molecular complexity index is 574. The predicted octanol–water partition coefficient (Wildman–Crippen LogP) is 0.250. The average molecular weight is 287 g/mol. The summed E-state index contributed by atoms with van der Waals surface area (Å²) >= 11 is 0. The molecule has 2 amide bonds. The quantitative estimate of drug-likeness (QED) is 0.809. The van der Waals surface area contributed by atoms with Crippen LogP contribution in [0.15, 0.2) is 24.3 Å². The van der Waals surface area contributed by atoms with Gasteiger partial charge in [0.25, 0.3) is 0 Å². The summed E-state index contributed by atoms with van der Waals surface area (Å²) in [6.07, 6.45) is 1.24. The molecule has 2 rings (SSSR count). The standard InChI is InChI=1S/C15H17N3O3/c16-9-11-4-1-3-10(7-11)8-12(14(17)19)18-15(20)13-5-2-6-21-13/h1,3-4,7,12-13H,2,5-6,8H2,(H2,17,19)(H,18,20)/t12-,13+/m0/s1. The summed E-state index contributed by atoms with van der Waals surface area (Å²) in [5.41, 5.74) is 6.61. The van der Waals surface area contributed by atoms with E-state index in [4.69, 9.17) is 15.7 Å². The van der Waals surface area contributed by atoms with E-state index < -0.39 is 18.1 Å². The summed E-state index contributed by atoms with van der Waals surface area (Å²) in [6.45, 7) is 0.559. The van der Waals surface area contributed by atoms with Crippen LogP contribution in [0.3, 0.4) is 0 Å². The zero-order valence-electron chi connectivity index (χ0n) is 11.5. The van der Waals surface area contributed by atoms with Gasteiger partial charge in [0.2, 0.25) is 11.8 Å². The SMILES string of the molecule is N#Cc1cccc(C[C@H](NC(=O)[C@H]2CCCO2)C(N)=O)c1. The second kappa shape index (κ2) is 6.86. The van der Waals surface area contributed by atoms with Crippen molar-refractivity contribution in [2.45, 2.75) is 31.4 Å². The van der Waals surface area contributed by atoms with E-state index in [-0.39, 0.29) is 12.3 Å². The summed E-state index contributed by atoms with van der Waals surface area (Å²) in [4.78, 5) is 23.5. The number of hydrogen-bond donors (Lipinski definition) is 2.